The number of rotatable bonds is 3. The third kappa shape index (κ3) is 3.74. The first kappa shape index (κ1) is 16.5. The molecule has 6 heteroatoms. The number of nitrogens with zero attached hydrogens (tertiary/aromatic N) is 1. The largest absolute Gasteiger partial charge is 0.484 e. The van der Waals surface area contributed by atoms with E-state index in [0.29, 0.717) is 28.7 Å². The summed E-state index contributed by atoms with van der Waals surface area (Å²) >= 11 is 5.95. The Kier molecular flexibility index (Phi) is 4.28. The monoisotopic (exact) mass is 345 g/mol. The zero-order valence-corrected chi connectivity index (χ0v) is 14.4. The summed E-state index contributed by atoms with van der Waals surface area (Å²) in [4.78, 5) is 14.4. The molecule has 0 aromatic heterocycles. The Bertz CT molecular complexity index is 777. The molecule has 2 aromatic carbocycles. The van der Waals surface area contributed by atoms with Crippen molar-refractivity contribution >= 4 is 34.6 Å². The molecule has 3 N–H and O–H groups in total. The molecule has 5 nitrogen and oxygen atoms in total. The Morgan fingerprint density at radius 2 is 2.12 bits per heavy atom. The van der Waals surface area contributed by atoms with E-state index in [2.05, 4.69) is 5.32 Å². The van der Waals surface area contributed by atoms with E-state index in [4.69, 9.17) is 22.1 Å². The highest BCUT2D eigenvalue weighted by molar-refractivity contribution is 6.30. The number of anilines is 3. The van der Waals surface area contributed by atoms with Gasteiger partial charge in [0.2, 0.25) is 5.91 Å². The molecule has 0 fully saturated rings. The summed E-state index contributed by atoms with van der Waals surface area (Å²) in [5.74, 6) is 0.583. The molecule has 0 unspecified atom stereocenters. The number of carbonyl (C=O) groups excluding carboxylic acids is 1. The SMILES string of the molecule is CC1(C)CN(CC(=O)Nc2cccc(Cl)c2)c2ccc(N)cc2O1. The number of carbonyl (C=O) groups is 1. The zero-order chi connectivity index (χ0) is 17.3. The Morgan fingerprint density at radius 3 is 2.88 bits per heavy atom. The van der Waals surface area contributed by atoms with Crippen molar-refractivity contribution in [3.8, 4) is 5.75 Å². The van der Waals surface area contributed by atoms with Crippen LogP contribution in [0.25, 0.3) is 0 Å². The quantitative estimate of drug-likeness (QED) is 0.835. The summed E-state index contributed by atoms with van der Waals surface area (Å²) in [6.45, 7) is 4.80. The van der Waals surface area contributed by atoms with Crippen LogP contribution >= 0.6 is 11.6 Å². The summed E-state index contributed by atoms with van der Waals surface area (Å²) in [5, 5.41) is 3.45. The van der Waals surface area contributed by atoms with Gasteiger partial charge in [-0.15, -0.1) is 0 Å². The third-order valence-electron chi connectivity index (χ3n) is 3.73. The third-order valence-corrected chi connectivity index (χ3v) is 3.96. The lowest BCUT2D eigenvalue weighted by Gasteiger charge is -2.40. The summed E-state index contributed by atoms with van der Waals surface area (Å²) in [6.07, 6.45) is 0. The van der Waals surface area contributed by atoms with Gasteiger partial charge in [0.25, 0.3) is 0 Å². The van der Waals surface area contributed by atoms with E-state index in [0.717, 1.165) is 5.69 Å². The van der Waals surface area contributed by atoms with Crippen molar-refractivity contribution in [1.82, 2.24) is 0 Å². The fourth-order valence-electron chi connectivity index (χ4n) is 2.83. The molecule has 0 radical (unpaired) electrons. The van der Waals surface area contributed by atoms with Crippen LogP contribution in [0.4, 0.5) is 17.1 Å². The summed E-state index contributed by atoms with van der Waals surface area (Å²) in [5.41, 5.74) is 7.62. The molecule has 0 aliphatic carbocycles. The fraction of sp³-hybridized carbons (Fsp3) is 0.278. The predicted octanol–water partition coefficient (Wildman–Crippen LogP) is 3.54. The van der Waals surface area contributed by atoms with Crippen LogP contribution in [0.3, 0.4) is 0 Å². The number of hydrogen-bond acceptors (Lipinski definition) is 4. The van der Waals surface area contributed by atoms with Crippen molar-refractivity contribution in [2.75, 3.05) is 29.0 Å². The molecule has 3 rings (SSSR count). The smallest absolute Gasteiger partial charge is 0.243 e. The average Bonchev–Trinajstić information content (AvgIpc) is 2.45. The van der Waals surface area contributed by atoms with Gasteiger partial charge in [0, 0.05) is 22.5 Å². The lowest BCUT2D eigenvalue weighted by Crippen LogP contribution is -2.49. The lowest BCUT2D eigenvalue weighted by atomic mass is 10.0. The maximum Gasteiger partial charge on any atom is 0.243 e. The first-order valence-corrected chi connectivity index (χ1v) is 8.09. The van der Waals surface area contributed by atoms with Crippen LogP contribution in [0, 0.1) is 0 Å². The van der Waals surface area contributed by atoms with Gasteiger partial charge in [-0.3, -0.25) is 4.79 Å². The van der Waals surface area contributed by atoms with Crippen LogP contribution in [0.15, 0.2) is 42.5 Å². The number of nitrogens with two attached hydrogens (primary N) is 1. The van der Waals surface area contributed by atoms with E-state index in [-0.39, 0.29) is 12.5 Å². The van der Waals surface area contributed by atoms with E-state index in [1.54, 1.807) is 24.3 Å². The number of ether oxygens (including phenoxy) is 1. The van der Waals surface area contributed by atoms with Crippen molar-refractivity contribution in [1.29, 1.82) is 0 Å². The molecule has 1 aliphatic heterocycles. The molecule has 0 spiro atoms. The molecule has 1 aliphatic rings. The molecule has 0 saturated heterocycles. The Hall–Kier alpha value is -2.40. The molecule has 24 heavy (non-hydrogen) atoms. The standard InChI is InChI=1S/C18H20ClN3O2/c1-18(2)11-22(15-7-6-13(20)9-16(15)24-18)10-17(23)21-14-5-3-4-12(19)8-14/h3-9H,10-11,20H2,1-2H3,(H,21,23). The maximum absolute atomic E-state index is 12.4. The number of benzene rings is 2. The van der Waals surface area contributed by atoms with Crippen LogP contribution in [0.1, 0.15) is 13.8 Å². The van der Waals surface area contributed by atoms with E-state index in [9.17, 15) is 4.79 Å². The molecule has 0 saturated carbocycles. The summed E-state index contributed by atoms with van der Waals surface area (Å²) in [7, 11) is 0. The average molecular weight is 346 g/mol. The molecule has 0 atom stereocenters. The van der Waals surface area contributed by atoms with Crippen LogP contribution in [0.2, 0.25) is 5.02 Å². The first-order chi connectivity index (χ1) is 11.3. The van der Waals surface area contributed by atoms with Crippen LogP contribution in [0.5, 0.6) is 5.75 Å². The van der Waals surface area contributed by atoms with E-state index < -0.39 is 5.60 Å². The van der Waals surface area contributed by atoms with Gasteiger partial charge in [0.05, 0.1) is 18.8 Å². The van der Waals surface area contributed by atoms with Gasteiger partial charge in [-0.1, -0.05) is 17.7 Å². The van der Waals surface area contributed by atoms with Crippen LogP contribution < -0.4 is 20.7 Å². The second-order valence-corrected chi connectivity index (χ2v) is 6.94. The van der Waals surface area contributed by atoms with E-state index in [1.807, 2.05) is 36.9 Å². The van der Waals surface area contributed by atoms with Gasteiger partial charge < -0.3 is 20.7 Å². The Balaban J connectivity index is 1.78. The highest BCUT2D eigenvalue weighted by atomic mass is 35.5. The minimum atomic E-state index is -0.406. The number of halogens is 1. The van der Waals surface area contributed by atoms with Gasteiger partial charge in [0.15, 0.2) is 0 Å². The minimum absolute atomic E-state index is 0.113. The van der Waals surface area contributed by atoms with Crippen LogP contribution in [-0.2, 0) is 4.79 Å². The summed E-state index contributed by atoms with van der Waals surface area (Å²) < 4.78 is 5.98. The van der Waals surface area contributed by atoms with E-state index >= 15 is 0 Å². The molecule has 126 valence electrons. The molecule has 1 heterocycles. The lowest BCUT2D eigenvalue weighted by molar-refractivity contribution is -0.115. The van der Waals surface area contributed by atoms with Crippen molar-refractivity contribution in [3.63, 3.8) is 0 Å². The molecular weight excluding hydrogens is 326 g/mol. The minimum Gasteiger partial charge on any atom is -0.484 e. The molecule has 1 amide bonds. The van der Waals surface area contributed by atoms with Gasteiger partial charge in [-0.05, 0) is 44.2 Å². The molecule has 0 bridgehead atoms. The second kappa shape index (κ2) is 6.24. The van der Waals surface area contributed by atoms with Crippen molar-refractivity contribution < 1.29 is 9.53 Å². The van der Waals surface area contributed by atoms with Gasteiger partial charge in [0.1, 0.15) is 11.4 Å². The molecule has 2 aromatic rings. The number of nitrogen functional groups attached to an aromatic ring is 1. The first-order valence-electron chi connectivity index (χ1n) is 7.71. The fourth-order valence-corrected chi connectivity index (χ4v) is 3.02. The van der Waals surface area contributed by atoms with Crippen LogP contribution in [-0.4, -0.2) is 24.6 Å². The van der Waals surface area contributed by atoms with Crippen molar-refractivity contribution in [3.05, 3.63) is 47.5 Å². The highest BCUT2D eigenvalue weighted by Gasteiger charge is 2.32. The van der Waals surface area contributed by atoms with Crippen molar-refractivity contribution in [2.45, 2.75) is 19.4 Å². The van der Waals surface area contributed by atoms with Gasteiger partial charge in [-0.25, -0.2) is 0 Å². The Morgan fingerprint density at radius 1 is 1.33 bits per heavy atom. The second-order valence-electron chi connectivity index (χ2n) is 6.50. The number of hydrogen-bond donors (Lipinski definition) is 2. The predicted molar refractivity (Wildman–Crippen MR) is 97.9 cm³/mol. The normalized spacial score (nSPS) is 15.4. The topological polar surface area (TPSA) is 67.6 Å². The Labute approximate surface area is 146 Å². The highest BCUT2D eigenvalue weighted by Crippen LogP contribution is 2.38. The summed E-state index contributed by atoms with van der Waals surface area (Å²) in [6, 6.07) is 12.6. The number of fused-ring (bicyclic) bond motifs is 1. The number of amides is 1. The van der Waals surface area contributed by atoms with E-state index in [1.165, 1.54) is 0 Å². The maximum atomic E-state index is 12.4. The number of nitrogens with one attached hydrogen (secondary N) is 1. The zero-order valence-electron chi connectivity index (χ0n) is 13.7. The van der Waals surface area contributed by atoms with Gasteiger partial charge >= 0.3 is 0 Å². The molecular formula is C18H20ClN3O2. The van der Waals surface area contributed by atoms with Crippen molar-refractivity contribution in [2.24, 2.45) is 0 Å². The van der Waals surface area contributed by atoms with Gasteiger partial charge in [-0.2, -0.15) is 0 Å².